The highest BCUT2D eigenvalue weighted by molar-refractivity contribution is 8.03. The molecule has 3 aromatic rings. The number of aliphatic hydroxyl groups is 1. The van der Waals surface area contributed by atoms with Gasteiger partial charge in [0.05, 0.1) is 43.2 Å². The van der Waals surface area contributed by atoms with Crippen LogP contribution < -0.4 is 9.47 Å². The summed E-state index contributed by atoms with van der Waals surface area (Å²) in [7, 11) is 3.19. The molecule has 2 aliphatic rings. The van der Waals surface area contributed by atoms with Crippen LogP contribution in [-0.2, 0) is 17.1 Å². The predicted octanol–water partition coefficient (Wildman–Crippen LogP) is 3.59. The van der Waals surface area contributed by atoms with E-state index in [1.807, 2.05) is 30.5 Å². The molecule has 0 spiro atoms. The van der Waals surface area contributed by atoms with Gasteiger partial charge in [0.1, 0.15) is 11.5 Å². The fourth-order valence-electron chi connectivity index (χ4n) is 4.69. The van der Waals surface area contributed by atoms with Crippen LogP contribution in [0.4, 0.5) is 0 Å². The summed E-state index contributed by atoms with van der Waals surface area (Å²) in [5.41, 5.74) is 1.29. The number of amides is 1. The fraction of sp³-hybridized carbons (Fsp3) is 0.269. The molecule has 1 N–H and O–H groups in total. The number of fused-ring (bicyclic) bond motifs is 1. The van der Waals surface area contributed by atoms with E-state index in [-0.39, 0.29) is 18.1 Å². The first-order valence-corrected chi connectivity index (χ1v) is 12.1. The SMILES string of the molecule is COc1ccc([C@@]2(O)CSC3=C(C#N)[C@@H](c4ccc(OC)c(Cn5cccn5)c4)CC(=O)N32)cc1. The van der Waals surface area contributed by atoms with Gasteiger partial charge in [0.25, 0.3) is 0 Å². The van der Waals surface area contributed by atoms with E-state index in [4.69, 9.17) is 9.47 Å². The third-order valence-corrected chi connectivity index (χ3v) is 7.68. The molecule has 9 heteroatoms. The van der Waals surface area contributed by atoms with Crippen molar-refractivity contribution in [3.8, 4) is 17.6 Å². The molecule has 0 unspecified atom stereocenters. The number of hydrogen-bond donors (Lipinski definition) is 1. The molecule has 2 aliphatic heterocycles. The van der Waals surface area contributed by atoms with Crippen LogP contribution in [-0.4, -0.2) is 45.7 Å². The van der Waals surface area contributed by atoms with Gasteiger partial charge in [-0.25, -0.2) is 0 Å². The lowest BCUT2D eigenvalue weighted by atomic mass is 9.84. The van der Waals surface area contributed by atoms with Crippen molar-refractivity contribution in [2.75, 3.05) is 20.0 Å². The van der Waals surface area contributed by atoms with E-state index in [0.717, 1.165) is 11.1 Å². The molecule has 8 nitrogen and oxygen atoms in total. The van der Waals surface area contributed by atoms with Crippen molar-refractivity contribution in [3.05, 3.63) is 88.2 Å². The molecule has 2 atom stereocenters. The molecule has 1 fully saturated rings. The van der Waals surface area contributed by atoms with E-state index in [2.05, 4.69) is 11.2 Å². The Morgan fingerprint density at radius 2 is 2.03 bits per heavy atom. The Morgan fingerprint density at radius 1 is 1.23 bits per heavy atom. The molecular weight excluding hydrogens is 464 g/mol. The number of allylic oxidation sites excluding steroid dienone is 1. The lowest BCUT2D eigenvalue weighted by Gasteiger charge is -2.38. The summed E-state index contributed by atoms with van der Waals surface area (Å²) in [5.74, 6) is 0.976. The van der Waals surface area contributed by atoms with Crippen LogP contribution in [0.25, 0.3) is 0 Å². The number of nitriles is 1. The van der Waals surface area contributed by atoms with Crippen LogP contribution in [0, 0.1) is 11.3 Å². The van der Waals surface area contributed by atoms with Crippen LogP contribution in [0.5, 0.6) is 11.5 Å². The summed E-state index contributed by atoms with van der Waals surface area (Å²) in [6, 6.07) is 16.9. The average molecular weight is 489 g/mol. The molecule has 0 bridgehead atoms. The minimum absolute atomic E-state index is 0.0823. The van der Waals surface area contributed by atoms with E-state index in [1.165, 1.54) is 16.7 Å². The first-order valence-electron chi connectivity index (χ1n) is 11.1. The zero-order chi connectivity index (χ0) is 24.6. The average Bonchev–Trinajstić information content (AvgIpc) is 3.52. The fourth-order valence-corrected chi connectivity index (χ4v) is 6.05. The number of nitrogens with zero attached hydrogens (tertiary/aromatic N) is 4. The zero-order valence-electron chi connectivity index (χ0n) is 19.3. The Bertz CT molecular complexity index is 1330. The van der Waals surface area contributed by atoms with Gasteiger partial charge in [-0.1, -0.05) is 18.2 Å². The molecule has 1 amide bonds. The Morgan fingerprint density at radius 3 is 2.69 bits per heavy atom. The van der Waals surface area contributed by atoms with Crippen molar-refractivity contribution in [2.45, 2.75) is 24.6 Å². The van der Waals surface area contributed by atoms with Crippen LogP contribution in [0.3, 0.4) is 0 Å². The van der Waals surface area contributed by atoms with Gasteiger partial charge in [-0.3, -0.25) is 14.4 Å². The molecule has 3 heterocycles. The highest BCUT2D eigenvalue weighted by Gasteiger charge is 2.51. The number of methoxy groups -OCH3 is 2. The van der Waals surface area contributed by atoms with Crippen molar-refractivity contribution < 1.29 is 19.4 Å². The number of benzene rings is 2. The number of carbonyl (C=O) groups excluding carboxylic acids is 1. The summed E-state index contributed by atoms with van der Waals surface area (Å²) in [5, 5.41) is 26.5. The first-order chi connectivity index (χ1) is 17.0. The monoisotopic (exact) mass is 488 g/mol. The maximum atomic E-state index is 13.4. The van der Waals surface area contributed by atoms with Crippen molar-refractivity contribution in [2.24, 2.45) is 0 Å². The van der Waals surface area contributed by atoms with E-state index in [0.29, 0.717) is 34.2 Å². The number of thioether (sulfide) groups is 1. The summed E-state index contributed by atoms with van der Waals surface area (Å²) >= 11 is 1.33. The smallest absolute Gasteiger partial charge is 0.231 e. The van der Waals surface area contributed by atoms with Crippen LogP contribution in [0.1, 0.15) is 29.0 Å². The van der Waals surface area contributed by atoms with Crippen molar-refractivity contribution in [1.82, 2.24) is 14.7 Å². The number of ether oxygens (including phenoxy) is 2. The quantitative estimate of drug-likeness (QED) is 0.566. The maximum absolute atomic E-state index is 13.4. The molecule has 2 aromatic carbocycles. The zero-order valence-corrected chi connectivity index (χ0v) is 20.2. The Labute approximate surface area is 207 Å². The molecule has 1 aromatic heterocycles. The highest BCUT2D eigenvalue weighted by Crippen LogP contribution is 2.52. The van der Waals surface area contributed by atoms with Crippen LogP contribution in [0.15, 0.2) is 71.5 Å². The minimum atomic E-state index is -1.53. The highest BCUT2D eigenvalue weighted by atomic mass is 32.2. The summed E-state index contributed by atoms with van der Waals surface area (Å²) in [4.78, 5) is 14.8. The number of aromatic nitrogens is 2. The second-order valence-electron chi connectivity index (χ2n) is 8.43. The largest absolute Gasteiger partial charge is 0.497 e. The second kappa shape index (κ2) is 9.13. The summed E-state index contributed by atoms with van der Waals surface area (Å²) in [6.07, 6.45) is 3.66. The van der Waals surface area contributed by atoms with Crippen molar-refractivity contribution in [3.63, 3.8) is 0 Å². The molecule has 0 radical (unpaired) electrons. The molecule has 5 rings (SSSR count). The Balaban J connectivity index is 1.53. The normalized spacial score (nSPS) is 21.6. The topological polar surface area (TPSA) is 101 Å². The van der Waals surface area contributed by atoms with E-state index in [9.17, 15) is 15.2 Å². The lowest BCUT2D eigenvalue weighted by Crippen LogP contribution is -2.48. The van der Waals surface area contributed by atoms with Crippen LogP contribution in [0.2, 0.25) is 0 Å². The lowest BCUT2D eigenvalue weighted by molar-refractivity contribution is -0.149. The molecule has 1 saturated heterocycles. The van der Waals surface area contributed by atoms with E-state index >= 15 is 0 Å². The van der Waals surface area contributed by atoms with E-state index in [1.54, 1.807) is 49.4 Å². The predicted molar refractivity (Wildman–Crippen MR) is 131 cm³/mol. The standard InChI is InChI=1S/C26H24N4O4S/c1-33-20-7-5-19(6-8-20)26(32)16-35-25-22(14-27)21(13-24(31)30(25)26)17-4-9-23(34-2)18(12-17)15-29-11-3-10-28-29/h3-12,21,32H,13,15-16H2,1-2H3/t21-,26+/m1/s1. The van der Waals surface area contributed by atoms with Gasteiger partial charge in [0.2, 0.25) is 5.91 Å². The molecular formula is C26H24N4O4S. The van der Waals surface area contributed by atoms with E-state index < -0.39 is 11.6 Å². The van der Waals surface area contributed by atoms with Crippen molar-refractivity contribution >= 4 is 17.7 Å². The molecule has 35 heavy (non-hydrogen) atoms. The minimum Gasteiger partial charge on any atom is -0.497 e. The van der Waals surface area contributed by atoms with Gasteiger partial charge in [0.15, 0.2) is 5.72 Å². The Hall–Kier alpha value is -3.74. The molecule has 0 aliphatic carbocycles. The summed E-state index contributed by atoms with van der Waals surface area (Å²) in [6.45, 7) is 0.501. The third kappa shape index (κ3) is 3.95. The molecule has 178 valence electrons. The van der Waals surface area contributed by atoms with Gasteiger partial charge >= 0.3 is 0 Å². The first kappa shape index (κ1) is 23.0. The van der Waals surface area contributed by atoms with Gasteiger partial charge in [-0.05, 0) is 35.9 Å². The number of hydrogen-bond acceptors (Lipinski definition) is 7. The van der Waals surface area contributed by atoms with Crippen molar-refractivity contribution in [1.29, 1.82) is 5.26 Å². The number of carbonyl (C=O) groups is 1. The summed E-state index contributed by atoms with van der Waals surface area (Å²) < 4.78 is 12.5. The van der Waals surface area contributed by atoms with Crippen LogP contribution >= 0.6 is 11.8 Å². The third-order valence-electron chi connectivity index (χ3n) is 6.46. The Kier molecular flexibility index (Phi) is 6.01. The van der Waals surface area contributed by atoms with Gasteiger partial charge < -0.3 is 14.6 Å². The van der Waals surface area contributed by atoms with Gasteiger partial charge in [0, 0.05) is 35.9 Å². The van der Waals surface area contributed by atoms with Gasteiger partial charge in [-0.2, -0.15) is 10.4 Å². The maximum Gasteiger partial charge on any atom is 0.231 e. The molecule has 0 saturated carbocycles. The number of rotatable bonds is 6. The second-order valence-corrected chi connectivity index (χ2v) is 9.39. The van der Waals surface area contributed by atoms with Gasteiger partial charge in [-0.15, -0.1) is 11.8 Å².